The van der Waals surface area contributed by atoms with Gasteiger partial charge in [0.2, 0.25) is 0 Å². The maximum atomic E-state index is 5.67. The predicted octanol–water partition coefficient (Wildman–Crippen LogP) is 2.57. The molecule has 0 spiro atoms. The minimum atomic E-state index is 0.0349. The minimum absolute atomic E-state index is 0.0349. The molecule has 2 rings (SSSR count). The van der Waals surface area contributed by atoms with Crippen molar-refractivity contribution in [1.82, 2.24) is 10.4 Å². The lowest BCUT2D eigenvalue weighted by atomic mass is 10.1. The van der Waals surface area contributed by atoms with Crippen molar-refractivity contribution in [2.45, 2.75) is 26.3 Å². The second-order valence-corrected chi connectivity index (χ2v) is 5.25. The summed E-state index contributed by atoms with van der Waals surface area (Å²) < 4.78 is 0. The van der Waals surface area contributed by atoms with Crippen molar-refractivity contribution in [3.63, 3.8) is 0 Å². The van der Waals surface area contributed by atoms with Crippen molar-refractivity contribution in [2.75, 3.05) is 0 Å². The molecular formula is C13H17N3S. The summed E-state index contributed by atoms with van der Waals surface area (Å²) in [4.78, 5) is 6.82. The molecule has 2 aromatic heterocycles. The molecule has 4 heteroatoms. The molecule has 2 aromatic rings. The van der Waals surface area contributed by atoms with Crippen LogP contribution in [0.3, 0.4) is 0 Å². The van der Waals surface area contributed by atoms with E-state index in [0.29, 0.717) is 0 Å². The number of rotatable bonds is 4. The lowest BCUT2D eigenvalue weighted by molar-refractivity contribution is 0.644. The van der Waals surface area contributed by atoms with Crippen LogP contribution in [-0.2, 0) is 6.42 Å². The number of thiophene rings is 1. The van der Waals surface area contributed by atoms with E-state index in [2.05, 4.69) is 35.5 Å². The van der Waals surface area contributed by atoms with E-state index in [-0.39, 0.29) is 6.04 Å². The van der Waals surface area contributed by atoms with Crippen molar-refractivity contribution in [2.24, 2.45) is 5.84 Å². The summed E-state index contributed by atoms with van der Waals surface area (Å²) in [5.41, 5.74) is 5.13. The number of aromatic nitrogens is 1. The molecule has 17 heavy (non-hydrogen) atoms. The molecule has 0 aliphatic heterocycles. The quantitative estimate of drug-likeness (QED) is 0.645. The fourth-order valence-corrected chi connectivity index (χ4v) is 2.86. The summed E-state index contributed by atoms with van der Waals surface area (Å²) in [5, 5.41) is 0. The minimum Gasteiger partial charge on any atom is -0.271 e. The normalized spacial score (nSPS) is 12.6. The van der Waals surface area contributed by atoms with E-state index in [4.69, 9.17) is 5.84 Å². The van der Waals surface area contributed by atoms with Gasteiger partial charge >= 0.3 is 0 Å². The van der Waals surface area contributed by atoms with Crippen LogP contribution in [0.15, 0.2) is 30.6 Å². The summed E-state index contributed by atoms with van der Waals surface area (Å²) in [6.07, 6.45) is 4.78. The number of aryl methyl sites for hydroxylation is 2. The number of nitrogens with two attached hydrogens (primary N) is 1. The molecule has 0 saturated carbocycles. The van der Waals surface area contributed by atoms with Crippen LogP contribution in [-0.4, -0.2) is 4.98 Å². The largest absolute Gasteiger partial charge is 0.271 e. The van der Waals surface area contributed by atoms with E-state index < -0.39 is 0 Å². The SMILES string of the molecule is CCc1ccc(C(NN)c2cncc(C)c2)s1. The Bertz CT molecular complexity index is 493. The van der Waals surface area contributed by atoms with E-state index in [1.165, 1.54) is 9.75 Å². The van der Waals surface area contributed by atoms with Crippen LogP contribution in [0.1, 0.15) is 33.8 Å². The van der Waals surface area contributed by atoms with E-state index in [1.807, 2.05) is 19.3 Å². The molecule has 0 saturated heterocycles. The average Bonchev–Trinajstić information content (AvgIpc) is 2.79. The number of hydrogen-bond donors (Lipinski definition) is 2. The molecule has 0 fully saturated rings. The van der Waals surface area contributed by atoms with Crippen molar-refractivity contribution in [3.05, 3.63) is 51.5 Å². The first-order valence-corrected chi connectivity index (χ1v) is 6.52. The molecule has 0 radical (unpaired) electrons. The molecule has 90 valence electrons. The Morgan fingerprint density at radius 2 is 2.24 bits per heavy atom. The lowest BCUT2D eigenvalue weighted by Crippen LogP contribution is -2.28. The first kappa shape index (κ1) is 12.2. The predicted molar refractivity (Wildman–Crippen MR) is 71.8 cm³/mol. The fraction of sp³-hybridized carbons (Fsp3) is 0.308. The zero-order chi connectivity index (χ0) is 12.3. The topological polar surface area (TPSA) is 50.9 Å². The molecule has 3 nitrogen and oxygen atoms in total. The summed E-state index contributed by atoms with van der Waals surface area (Å²) in [7, 11) is 0. The molecule has 0 aliphatic carbocycles. The van der Waals surface area contributed by atoms with Crippen LogP contribution in [0.25, 0.3) is 0 Å². The van der Waals surface area contributed by atoms with Gasteiger partial charge in [-0.15, -0.1) is 11.3 Å². The highest BCUT2D eigenvalue weighted by Gasteiger charge is 2.14. The monoisotopic (exact) mass is 247 g/mol. The maximum absolute atomic E-state index is 5.67. The van der Waals surface area contributed by atoms with Gasteiger partial charge in [-0.2, -0.15) is 0 Å². The van der Waals surface area contributed by atoms with Gasteiger partial charge < -0.3 is 0 Å². The van der Waals surface area contributed by atoms with Crippen molar-refractivity contribution in [3.8, 4) is 0 Å². The molecule has 0 aliphatic rings. The maximum Gasteiger partial charge on any atom is 0.0817 e. The van der Waals surface area contributed by atoms with E-state index in [9.17, 15) is 0 Å². The molecular weight excluding hydrogens is 230 g/mol. The van der Waals surface area contributed by atoms with Crippen molar-refractivity contribution >= 4 is 11.3 Å². The van der Waals surface area contributed by atoms with Crippen LogP contribution in [0.5, 0.6) is 0 Å². The Morgan fingerprint density at radius 1 is 1.41 bits per heavy atom. The number of hydrazine groups is 1. The first-order chi connectivity index (χ1) is 8.24. The number of nitrogens with one attached hydrogen (secondary N) is 1. The second-order valence-electron chi connectivity index (χ2n) is 4.05. The Morgan fingerprint density at radius 3 is 2.82 bits per heavy atom. The van der Waals surface area contributed by atoms with E-state index in [1.54, 1.807) is 11.3 Å². The second kappa shape index (κ2) is 5.40. The lowest BCUT2D eigenvalue weighted by Gasteiger charge is -2.14. The van der Waals surface area contributed by atoms with Gasteiger partial charge in [0, 0.05) is 22.1 Å². The summed E-state index contributed by atoms with van der Waals surface area (Å²) >= 11 is 1.80. The smallest absolute Gasteiger partial charge is 0.0817 e. The van der Waals surface area contributed by atoms with Crippen LogP contribution < -0.4 is 11.3 Å². The van der Waals surface area contributed by atoms with Gasteiger partial charge in [0.25, 0.3) is 0 Å². The molecule has 0 aromatic carbocycles. The van der Waals surface area contributed by atoms with Crippen LogP contribution in [0, 0.1) is 6.92 Å². The van der Waals surface area contributed by atoms with Gasteiger partial charge in [-0.3, -0.25) is 10.8 Å². The third kappa shape index (κ3) is 2.72. The summed E-state index contributed by atoms with van der Waals surface area (Å²) in [6, 6.07) is 6.44. The molecule has 0 amide bonds. The van der Waals surface area contributed by atoms with Crippen LogP contribution in [0.2, 0.25) is 0 Å². The highest BCUT2D eigenvalue weighted by Crippen LogP contribution is 2.28. The Balaban J connectivity index is 2.33. The first-order valence-electron chi connectivity index (χ1n) is 5.71. The number of pyridine rings is 1. The van der Waals surface area contributed by atoms with Gasteiger partial charge in [-0.05, 0) is 36.6 Å². The third-order valence-electron chi connectivity index (χ3n) is 2.71. The van der Waals surface area contributed by atoms with E-state index >= 15 is 0 Å². The van der Waals surface area contributed by atoms with Gasteiger partial charge in [0.1, 0.15) is 0 Å². The summed E-state index contributed by atoms with van der Waals surface area (Å²) in [5.74, 6) is 5.67. The van der Waals surface area contributed by atoms with Crippen molar-refractivity contribution < 1.29 is 0 Å². The van der Waals surface area contributed by atoms with Gasteiger partial charge in [0.05, 0.1) is 6.04 Å². The zero-order valence-electron chi connectivity index (χ0n) is 10.1. The number of hydrogen-bond acceptors (Lipinski definition) is 4. The van der Waals surface area contributed by atoms with Crippen LogP contribution in [0.4, 0.5) is 0 Å². The van der Waals surface area contributed by atoms with Crippen molar-refractivity contribution in [1.29, 1.82) is 0 Å². The Labute approximate surface area is 106 Å². The molecule has 2 heterocycles. The number of nitrogens with zero attached hydrogens (tertiary/aromatic N) is 1. The van der Waals surface area contributed by atoms with Gasteiger partial charge in [-0.1, -0.05) is 13.0 Å². The molecule has 0 bridgehead atoms. The van der Waals surface area contributed by atoms with Gasteiger partial charge in [-0.25, -0.2) is 5.43 Å². The third-order valence-corrected chi connectivity index (χ3v) is 4.01. The molecule has 1 atom stereocenters. The highest BCUT2D eigenvalue weighted by atomic mass is 32.1. The molecule has 1 unspecified atom stereocenters. The Hall–Kier alpha value is -1.23. The highest BCUT2D eigenvalue weighted by molar-refractivity contribution is 7.12. The Kier molecular flexibility index (Phi) is 3.89. The van der Waals surface area contributed by atoms with Gasteiger partial charge in [0.15, 0.2) is 0 Å². The van der Waals surface area contributed by atoms with Crippen LogP contribution >= 0.6 is 11.3 Å². The summed E-state index contributed by atoms with van der Waals surface area (Å²) in [6.45, 7) is 4.20. The molecule has 3 N–H and O–H groups in total. The average molecular weight is 247 g/mol. The fourth-order valence-electron chi connectivity index (χ4n) is 1.82. The zero-order valence-corrected chi connectivity index (χ0v) is 10.9. The van der Waals surface area contributed by atoms with E-state index in [0.717, 1.165) is 17.5 Å². The standard InChI is InChI=1S/C13H17N3S/c1-3-11-4-5-12(17-11)13(16-14)10-6-9(2)7-15-8-10/h4-8,13,16H,3,14H2,1-2H3.